The third-order valence-corrected chi connectivity index (χ3v) is 9.15. The van der Waals surface area contributed by atoms with Crippen molar-refractivity contribution in [1.82, 2.24) is 0 Å². The maximum atomic E-state index is 11.7. The monoisotopic (exact) mass is 408 g/mol. The second-order valence-electron chi connectivity index (χ2n) is 10.5. The van der Waals surface area contributed by atoms with Gasteiger partial charge in [0.1, 0.15) is 6.10 Å². The number of rotatable bonds is 1. The Labute approximate surface area is 173 Å². The second-order valence-corrected chi connectivity index (χ2v) is 10.5. The number of ether oxygens (including phenoxy) is 1. The summed E-state index contributed by atoms with van der Waals surface area (Å²) in [4.78, 5) is 11.7. The number of aliphatic hydroxyl groups excluding tert-OH is 4. The van der Waals surface area contributed by atoms with Gasteiger partial charge in [0.25, 0.3) is 0 Å². The number of allylic oxidation sites excluding steroid dienone is 1. The van der Waals surface area contributed by atoms with Crippen LogP contribution in [0.3, 0.4) is 0 Å². The quantitative estimate of drug-likeness (QED) is 0.389. The van der Waals surface area contributed by atoms with Gasteiger partial charge in [0.2, 0.25) is 0 Å². The van der Waals surface area contributed by atoms with Gasteiger partial charge in [-0.15, -0.1) is 0 Å². The van der Waals surface area contributed by atoms with Gasteiger partial charge in [0.15, 0.2) is 0 Å². The summed E-state index contributed by atoms with van der Waals surface area (Å²) in [5.41, 5.74) is 0.301. The lowest BCUT2D eigenvalue weighted by molar-refractivity contribution is -0.243. The molecule has 0 aromatic carbocycles. The van der Waals surface area contributed by atoms with Crippen molar-refractivity contribution in [3.8, 4) is 0 Å². The Balaban J connectivity index is 1.76. The van der Waals surface area contributed by atoms with Gasteiger partial charge in [-0.25, -0.2) is 0 Å². The van der Waals surface area contributed by atoms with Crippen molar-refractivity contribution in [3.63, 3.8) is 0 Å². The fourth-order valence-corrected chi connectivity index (χ4v) is 8.03. The standard InChI is InChI=1S/C23H36O6/c1-5-13-17(29-11(2)24)9-14-18-19(16(26)10-23(13,14)4)22(3)7-6-12(25)8-15(22)20(27)21(18)28/h5,12,14-21,25-28H,6-10H2,1-4H3/b13-5-/t12-,14-,15+,16-,17-,18-,19-,20+,21+,22-,23+/m0/s1. The van der Waals surface area contributed by atoms with E-state index in [0.717, 1.165) is 12.0 Å². The predicted octanol–water partition coefficient (Wildman–Crippen LogP) is 1.79. The summed E-state index contributed by atoms with van der Waals surface area (Å²) in [6.45, 7) is 7.57. The molecule has 164 valence electrons. The van der Waals surface area contributed by atoms with Crippen LogP contribution in [0.5, 0.6) is 0 Å². The first kappa shape index (κ1) is 21.3. The summed E-state index contributed by atoms with van der Waals surface area (Å²) in [6, 6.07) is 0. The second kappa shape index (κ2) is 7.04. The molecule has 0 unspecified atom stereocenters. The molecule has 0 bridgehead atoms. The summed E-state index contributed by atoms with van der Waals surface area (Å²) in [5.74, 6) is -0.961. The van der Waals surface area contributed by atoms with Crippen molar-refractivity contribution in [3.05, 3.63) is 11.6 Å². The van der Waals surface area contributed by atoms with Crippen molar-refractivity contribution in [2.24, 2.45) is 34.5 Å². The maximum absolute atomic E-state index is 11.7. The fourth-order valence-electron chi connectivity index (χ4n) is 8.03. The summed E-state index contributed by atoms with van der Waals surface area (Å²) < 4.78 is 5.63. The average Bonchev–Trinajstić information content (AvgIpc) is 2.90. The smallest absolute Gasteiger partial charge is 0.303 e. The van der Waals surface area contributed by atoms with E-state index in [4.69, 9.17) is 4.74 Å². The van der Waals surface area contributed by atoms with E-state index in [1.165, 1.54) is 6.92 Å². The molecule has 0 amide bonds. The van der Waals surface area contributed by atoms with Crippen LogP contribution in [-0.2, 0) is 9.53 Å². The first-order valence-corrected chi connectivity index (χ1v) is 11.1. The van der Waals surface area contributed by atoms with Gasteiger partial charge < -0.3 is 25.2 Å². The Morgan fingerprint density at radius 2 is 1.79 bits per heavy atom. The Kier molecular flexibility index (Phi) is 5.17. The molecule has 0 radical (unpaired) electrons. The minimum Gasteiger partial charge on any atom is -0.458 e. The Bertz CT molecular complexity index is 705. The fraction of sp³-hybridized carbons (Fsp3) is 0.870. The summed E-state index contributed by atoms with van der Waals surface area (Å²) in [5, 5.41) is 43.9. The molecule has 4 aliphatic rings. The molecule has 4 fully saturated rings. The van der Waals surface area contributed by atoms with E-state index in [9.17, 15) is 25.2 Å². The van der Waals surface area contributed by atoms with Gasteiger partial charge in [-0.1, -0.05) is 19.9 Å². The van der Waals surface area contributed by atoms with Crippen molar-refractivity contribution < 1.29 is 30.0 Å². The van der Waals surface area contributed by atoms with Gasteiger partial charge in [-0.05, 0) is 79.1 Å². The maximum Gasteiger partial charge on any atom is 0.303 e. The van der Waals surface area contributed by atoms with Crippen LogP contribution in [-0.4, -0.2) is 56.9 Å². The molecule has 6 nitrogen and oxygen atoms in total. The van der Waals surface area contributed by atoms with Crippen LogP contribution >= 0.6 is 0 Å². The zero-order valence-electron chi connectivity index (χ0n) is 17.9. The molecule has 0 aliphatic heterocycles. The van der Waals surface area contributed by atoms with Crippen LogP contribution < -0.4 is 0 Å². The highest BCUT2D eigenvalue weighted by atomic mass is 16.5. The lowest BCUT2D eigenvalue weighted by Crippen LogP contribution is -2.67. The van der Waals surface area contributed by atoms with Crippen molar-refractivity contribution in [1.29, 1.82) is 0 Å². The predicted molar refractivity (Wildman–Crippen MR) is 107 cm³/mol. The minimum absolute atomic E-state index is 0.0146. The highest BCUT2D eigenvalue weighted by Crippen LogP contribution is 2.67. The molecule has 0 saturated heterocycles. The van der Waals surface area contributed by atoms with Crippen LogP contribution in [0.2, 0.25) is 0 Å². The molecule has 0 aromatic rings. The Morgan fingerprint density at radius 3 is 2.41 bits per heavy atom. The first-order chi connectivity index (χ1) is 13.5. The molecule has 0 heterocycles. The number of carbonyl (C=O) groups is 1. The lowest BCUT2D eigenvalue weighted by atomic mass is 9.43. The molecule has 11 atom stereocenters. The van der Waals surface area contributed by atoms with E-state index in [1.807, 2.05) is 13.0 Å². The highest BCUT2D eigenvalue weighted by Gasteiger charge is 2.68. The third-order valence-electron chi connectivity index (χ3n) is 9.15. The van der Waals surface area contributed by atoms with E-state index >= 15 is 0 Å². The number of carbonyl (C=O) groups excluding carboxylic acids is 1. The Hall–Kier alpha value is -0.950. The van der Waals surface area contributed by atoms with Gasteiger partial charge in [-0.3, -0.25) is 4.79 Å². The number of hydrogen-bond acceptors (Lipinski definition) is 6. The minimum atomic E-state index is -0.961. The van der Waals surface area contributed by atoms with Gasteiger partial charge in [0, 0.05) is 6.92 Å². The number of hydrogen-bond donors (Lipinski definition) is 4. The molecule has 4 saturated carbocycles. The zero-order chi connectivity index (χ0) is 21.3. The first-order valence-electron chi connectivity index (χ1n) is 11.1. The average molecular weight is 409 g/mol. The summed E-state index contributed by atoms with van der Waals surface area (Å²) >= 11 is 0. The number of fused-ring (bicyclic) bond motifs is 5. The molecule has 6 heteroatoms. The van der Waals surface area contributed by atoms with Crippen LogP contribution in [0.15, 0.2) is 11.6 Å². The number of esters is 1. The molecule has 4 rings (SSSR count). The highest BCUT2D eigenvalue weighted by molar-refractivity contribution is 5.66. The van der Waals surface area contributed by atoms with Crippen LogP contribution in [0.4, 0.5) is 0 Å². The molecular weight excluding hydrogens is 372 g/mol. The van der Waals surface area contributed by atoms with Crippen LogP contribution in [0.1, 0.15) is 59.8 Å². The molecule has 4 N–H and O–H groups in total. The van der Waals surface area contributed by atoms with Gasteiger partial charge >= 0.3 is 5.97 Å². The zero-order valence-corrected chi connectivity index (χ0v) is 17.9. The van der Waals surface area contributed by atoms with Crippen LogP contribution in [0.25, 0.3) is 0 Å². The topological polar surface area (TPSA) is 107 Å². The summed E-state index contributed by atoms with van der Waals surface area (Å²) in [6.07, 6.45) is 1.70. The SMILES string of the molecule is C/C=C1/[C@@H](OC(C)=O)C[C@H]2[C@@H]3[C@@H](O)[C@H](O)[C@H]4C[C@@H](O)CC[C@]4(C)[C@H]3[C@@H](O)C[C@]12C. The van der Waals surface area contributed by atoms with E-state index in [0.29, 0.717) is 25.7 Å². The van der Waals surface area contributed by atoms with Crippen molar-refractivity contribution in [2.45, 2.75) is 90.3 Å². The third kappa shape index (κ3) is 2.93. The van der Waals surface area contributed by atoms with Crippen molar-refractivity contribution in [2.75, 3.05) is 0 Å². The Morgan fingerprint density at radius 1 is 1.10 bits per heavy atom. The molecule has 0 aromatic heterocycles. The normalized spacial score (nSPS) is 55.7. The molecule has 4 aliphatic carbocycles. The van der Waals surface area contributed by atoms with Gasteiger partial charge in [-0.2, -0.15) is 0 Å². The number of aliphatic hydroxyl groups is 4. The van der Waals surface area contributed by atoms with E-state index < -0.39 is 24.4 Å². The van der Waals surface area contributed by atoms with Crippen LogP contribution in [0, 0.1) is 34.5 Å². The van der Waals surface area contributed by atoms with E-state index in [1.54, 1.807) is 0 Å². The largest absolute Gasteiger partial charge is 0.458 e. The molecular formula is C23H36O6. The lowest BCUT2D eigenvalue weighted by Gasteiger charge is -2.64. The van der Waals surface area contributed by atoms with E-state index in [-0.39, 0.29) is 46.6 Å². The molecule has 0 spiro atoms. The summed E-state index contributed by atoms with van der Waals surface area (Å²) in [7, 11) is 0. The van der Waals surface area contributed by atoms with Crippen molar-refractivity contribution >= 4 is 5.97 Å². The van der Waals surface area contributed by atoms with Gasteiger partial charge in [0.05, 0.1) is 24.4 Å². The van der Waals surface area contributed by atoms with E-state index in [2.05, 4.69) is 13.8 Å². The molecule has 29 heavy (non-hydrogen) atoms.